The Bertz CT molecular complexity index is 324. The summed E-state index contributed by atoms with van der Waals surface area (Å²) in [4.78, 5) is 10.8. The Balaban J connectivity index is 2.46. The van der Waals surface area contributed by atoms with Gasteiger partial charge >= 0.3 is 5.97 Å². The molecule has 7 heteroatoms. The van der Waals surface area contributed by atoms with Gasteiger partial charge in [-0.1, -0.05) is 0 Å². The molecule has 1 aliphatic heterocycles. The van der Waals surface area contributed by atoms with Crippen molar-refractivity contribution in [2.75, 3.05) is 33.0 Å². The van der Waals surface area contributed by atoms with Gasteiger partial charge < -0.3 is 10.1 Å². The molecule has 0 radical (unpaired) electrons. The van der Waals surface area contributed by atoms with Crippen LogP contribution in [0.15, 0.2) is 0 Å². The normalized spacial score (nSPS) is 17.5. The van der Waals surface area contributed by atoms with E-state index in [1.165, 1.54) is 18.5 Å². The van der Waals surface area contributed by atoms with Crippen LogP contribution in [0.5, 0.6) is 0 Å². The third-order valence-electron chi connectivity index (χ3n) is 2.50. The molecule has 0 amide bonds. The highest BCUT2D eigenvalue weighted by Crippen LogP contribution is 2.09. The Hall–Kier alpha value is -0.660. The summed E-state index contributed by atoms with van der Waals surface area (Å²) in [5.74, 6) is -0.689. The molecule has 1 saturated heterocycles. The summed E-state index contributed by atoms with van der Waals surface area (Å²) < 4.78 is 29.1. The van der Waals surface area contributed by atoms with Gasteiger partial charge in [-0.3, -0.25) is 4.79 Å². The minimum absolute atomic E-state index is 0.0210. The molecule has 88 valence electrons. The first-order valence-corrected chi connectivity index (χ1v) is 6.31. The minimum Gasteiger partial charge on any atom is -0.469 e. The molecule has 0 aliphatic carbocycles. The third-order valence-corrected chi connectivity index (χ3v) is 4.40. The molecule has 6 nitrogen and oxygen atoms in total. The van der Waals surface area contributed by atoms with Crippen molar-refractivity contribution in [3.63, 3.8) is 0 Å². The van der Waals surface area contributed by atoms with E-state index in [4.69, 9.17) is 0 Å². The number of methoxy groups -OCH3 is 1. The molecule has 1 heterocycles. The van der Waals surface area contributed by atoms with Crippen LogP contribution in [0.2, 0.25) is 0 Å². The van der Waals surface area contributed by atoms with Crippen LogP contribution >= 0.6 is 0 Å². The lowest BCUT2D eigenvalue weighted by Crippen LogP contribution is -2.57. The van der Waals surface area contributed by atoms with Gasteiger partial charge in [0.2, 0.25) is 10.0 Å². The van der Waals surface area contributed by atoms with Crippen LogP contribution in [0.1, 0.15) is 6.42 Å². The zero-order valence-electron chi connectivity index (χ0n) is 8.89. The van der Waals surface area contributed by atoms with Gasteiger partial charge in [0.05, 0.1) is 19.3 Å². The Morgan fingerprint density at radius 2 is 2.13 bits per heavy atom. The molecule has 0 bridgehead atoms. The van der Waals surface area contributed by atoms with Gasteiger partial charge in [-0.05, 0) is 0 Å². The lowest BCUT2D eigenvalue weighted by Gasteiger charge is -2.34. The number of hydrogen-bond donors (Lipinski definition) is 1. The van der Waals surface area contributed by atoms with E-state index in [0.717, 1.165) is 0 Å². The quantitative estimate of drug-likeness (QED) is 0.606. The molecule has 0 aromatic carbocycles. The summed E-state index contributed by atoms with van der Waals surface area (Å²) in [7, 11) is -0.549. The SMILES string of the molecule is COC(=O)CCS(=O)(=O)N(C)C1CNC1. The molecular formula is C8H16N2O4S. The van der Waals surface area contributed by atoms with E-state index >= 15 is 0 Å². The first kappa shape index (κ1) is 12.4. The molecule has 0 aromatic heterocycles. The molecule has 1 aliphatic rings. The number of esters is 1. The van der Waals surface area contributed by atoms with Gasteiger partial charge in [0, 0.05) is 26.2 Å². The third kappa shape index (κ3) is 3.15. The molecule has 0 atom stereocenters. The number of rotatable bonds is 5. The largest absolute Gasteiger partial charge is 0.469 e. The van der Waals surface area contributed by atoms with E-state index in [1.54, 1.807) is 0 Å². The monoisotopic (exact) mass is 236 g/mol. The Labute approximate surface area is 89.6 Å². The summed E-state index contributed by atoms with van der Waals surface area (Å²) in [5.41, 5.74) is 0. The molecular weight excluding hydrogens is 220 g/mol. The highest BCUT2D eigenvalue weighted by molar-refractivity contribution is 7.89. The lowest BCUT2D eigenvalue weighted by atomic mass is 10.2. The van der Waals surface area contributed by atoms with Gasteiger partial charge in [0.15, 0.2) is 0 Å². The van der Waals surface area contributed by atoms with Crippen LogP contribution in [0.4, 0.5) is 0 Å². The van der Waals surface area contributed by atoms with Crippen molar-refractivity contribution in [1.29, 1.82) is 0 Å². The number of carbonyl (C=O) groups is 1. The summed E-state index contributed by atoms with van der Waals surface area (Å²) >= 11 is 0. The van der Waals surface area contributed by atoms with Crippen molar-refractivity contribution < 1.29 is 17.9 Å². The molecule has 0 saturated carbocycles. The predicted molar refractivity (Wildman–Crippen MR) is 54.8 cm³/mol. The predicted octanol–water partition coefficient (Wildman–Crippen LogP) is -1.22. The van der Waals surface area contributed by atoms with E-state index in [-0.39, 0.29) is 18.2 Å². The van der Waals surface area contributed by atoms with Crippen LogP contribution in [0, 0.1) is 0 Å². The van der Waals surface area contributed by atoms with Crippen LogP contribution in [-0.4, -0.2) is 57.7 Å². The summed E-state index contributed by atoms with van der Waals surface area (Å²) in [6.07, 6.45) is -0.0939. The van der Waals surface area contributed by atoms with Crippen molar-refractivity contribution in [2.45, 2.75) is 12.5 Å². The van der Waals surface area contributed by atoms with Gasteiger partial charge in [-0.2, -0.15) is 4.31 Å². The maximum absolute atomic E-state index is 11.7. The molecule has 0 aromatic rings. The number of likely N-dealkylation sites (N-methyl/N-ethyl adjacent to an activating group) is 1. The fraction of sp³-hybridized carbons (Fsp3) is 0.875. The van der Waals surface area contributed by atoms with Gasteiger partial charge in [-0.15, -0.1) is 0 Å². The van der Waals surface area contributed by atoms with Crippen LogP contribution in [-0.2, 0) is 19.6 Å². The second kappa shape index (κ2) is 4.91. The first-order chi connectivity index (χ1) is 6.97. The number of nitrogens with zero attached hydrogens (tertiary/aromatic N) is 1. The fourth-order valence-electron chi connectivity index (χ4n) is 1.22. The molecule has 0 spiro atoms. The molecule has 1 rings (SSSR count). The maximum atomic E-state index is 11.7. The first-order valence-electron chi connectivity index (χ1n) is 4.70. The van der Waals surface area contributed by atoms with Crippen molar-refractivity contribution in [1.82, 2.24) is 9.62 Å². The van der Waals surface area contributed by atoms with Crippen molar-refractivity contribution in [3.05, 3.63) is 0 Å². The average Bonchev–Trinajstić information content (AvgIpc) is 2.11. The lowest BCUT2D eigenvalue weighted by molar-refractivity contribution is -0.140. The van der Waals surface area contributed by atoms with Gasteiger partial charge in [0.1, 0.15) is 0 Å². The number of nitrogens with one attached hydrogen (secondary N) is 1. The van der Waals surface area contributed by atoms with Crippen LogP contribution < -0.4 is 5.32 Å². The minimum atomic E-state index is -3.33. The molecule has 1 N–H and O–H groups in total. The Morgan fingerprint density at radius 1 is 1.53 bits per heavy atom. The van der Waals surface area contributed by atoms with Crippen LogP contribution in [0.3, 0.4) is 0 Å². The topological polar surface area (TPSA) is 75.7 Å². The second-order valence-electron chi connectivity index (χ2n) is 3.47. The Kier molecular flexibility index (Phi) is 4.06. The van der Waals surface area contributed by atoms with E-state index in [9.17, 15) is 13.2 Å². The van der Waals surface area contributed by atoms with Crippen molar-refractivity contribution in [2.24, 2.45) is 0 Å². The molecule has 1 fully saturated rings. The zero-order valence-corrected chi connectivity index (χ0v) is 9.71. The van der Waals surface area contributed by atoms with Crippen LogP contribution in [0.25, 0.3) is 0 Å². The van der Waals surface area contributed by atoms with E-state index in [0.29, 0.717) is 13.1 Å². The maximum Gasteiger partial charge on any atom is 0.306 e. The van der Waals surface area contributed by atoms with Gasteiger partial charge in [0.25, 0.3) is 0 Å². The fourth-order valence-corrected chi connectivity index (χ4v) is 2.53. The van der Waals surface area contributed by atoms with E-state index in [1.807, 2.05) is 0 Å². The smallest absolute Gasteiger partial charge is 0.306 e. The van der Waals surface area contributed by atoms with Gasteiger partial charge in [-0.25, -0.2) is 8.42 Å². The standard InChI is InChI=1S/C8H16N2O4S/c1-10(7-5-9-6-7)15(12,13)4-3-8(11)14-2/h7,9H,3-6H2,1-2H3. The summed E-state index contributed by atoms with van der Waals surface area (Å²) in [6, 6.07) is 0.0210. The van der Waals surface area contributed by atoms with E-state index in [2.05, 4.69) is 10.1 Å². The second-order valence-corrected chi connectivity index (χ2v) is 5.62. The number of carbonyl (C=O) groups excluding carboxylic acids is 1. The number of sulfonamides is 1. The van der Waals surface area contributed by atoms with E-state index < -0.39 is 16.0 Å². The molecule has 0 unspecified atom stereocenters. The highest BCUT2D eigenvalue weighted by Gasteiger charge is 2.30. The average molecular weight is 236 g/mol. The van der Waals surface area contributed by atoms with Crippen molar-refractivity contribution in [3.8, 4) is 0 Å². The Morgan fingerprint density at radius 3 is 2.53 bits per heavy atom. The highest BCUT2D eigenvalue weighted by atomic mass is 32.2. The number of ether oxygens (including phenoxy) is 1. The summed E-state index contributed by atoms with van der Waals surface area (Å²) in [6.45, 7) is 1.35. The zero-order chi connectivity index (χ0) is 11.5. The van der Waals surface area contributed by atoms with Crippen molar-refractivity contribution >= 4 is 16.0 Å². The summed E-state index contributed by atoms with van der Waals surface area (Å²) in [5, 5.41) is 2.99. The number of hydrogen-bond acceptors (Lipinski definition) is 5. The molecule has 15 heavy (non-hydrogen) atoms.